The van der Waals surface area contributed by atoms with Gasteiger partial charge in [-0.2, -0.15) is 0 Å². The number of hydrogen-bond acceptors (Lipinski definition) is 3. The molecule has 4 rings (SSSR count). The highest BCUT2D eigenvalue weighted by Crippen LogP contribution is 2.37. The second kappa shape index (κ2) is 9.94. The summed E-state index contributed by atoms with van der Waals surface area (Å²) in [6.45, 7) is 2.15. The molecule has 1 saturated carbocycles. The topological polar surface area (TPSA) is 32.7 Å². The van der Waals surface area contributed by atoms with Gasteiger partial charge in [0.1, 0.15) is 0 Å². The van der Waals surface area contributed by atoms with Crippen LogP contribution >= 0.6 is 11.8 Å². The Kier molecular flexibility index (Phi) is 6.85. The van der Waals surface area contributed by atoms with E-state index >= 15 is 0 Å². The van der Waals surface area contributed by atoms with Crippen molar-refractivity contribution in [3.63, 3.8) is 0 Å². The minimum absolute atomic E-state index is 0.0912. The molecule has 30 heavy (non-hydrogen) atoms. The Balaban J connectivity index is 1.60. The van der Waals surface area contributed by atoms with E-state index in [4.69, 9.17) is 4.99 Å². The first-order valence-corrected chi connectivity index (χ1v) is 11.7. The molecule has 0 atom stereocenters. The summed E-state index contributed by atoms with van der Waals surface area (Å²) in [4.78, 5) is 20.9. The molecule has 154 valence electrons. The molecule has 1 aliphatic carbocycles. The van der Waals surface area contributed by atoms with Gasteiger partial charge in [-0.25, -0.2) is 4.99 Å². The van der Waals surface area contributed by atoms with Crippen LogP contribution in [0.15, 0.2) is 76.6 Å². The van der Waals surface area contributed by atoms with Crippen molar-refractivity contribution in [2.24, 2.45) is 4.99 Å². The number of hydrogen-bond donors (Lipinski definition) is 0. The molecule has 1 amide bonds. The Morgan fingerprint density at radius 1 is 1.03 bits per heavy atom. The van der Waals surface area contributed by atoms with E-state index in [1.54, 1.807) is 0 Å². The highest BCUT2D eigenvalue weighted by Gasteiger charge is 2.38. The first-order chi connectivity index (χ1) is 14.7. The molecule has 2 aliphatic rings. The maximum atomic E-state index is 13.3. The quantitative estimate of drug-likeness (QED) is 0.506. The Labute approximate surface area is 183 Å². The van der Waals surface area contributed by atoms with Crippen LogP contribution in [-0.4, -0.2) is 22.0 Å². The van der Waals surface area contributed by atoms with E-state index in [2.05, 4.69) is 31.2 Å². The van der Waals surface area contributed by atoms with Crippen LogP contribution in [0.1, 0.15) is 50.2 Å². The van der Waals surface area contributed by atoms with Crippen LogP contribution in [0.2, 0.25) is 0 Å². The van der Waals surface area contributed by atoms with Crippen LogP contribution in [-0.2, 0) is 11.2 Å². The minimum Gasteiger partial charge on any atom is -0.283 e. The summed E-state index contributed by atoms with van der Waals surface area (Å²) in [7, 11) is 0. The van der Waals surface area contributed by atoms with Gasteiger partial charge in [-0.05, 0) is 60.4 Å². The first kappa shape index (κ1) is 20.7. The van der Waals surface area contributed by atoms with Crippen LogP contribution in [0.25, 0.3) is 6.08 Å². The zero-order valence-corrected chi connectivity index (χ0v) is 18.3. The van der Waals surface area contributed by atoms with Crippen molar-refractivity contribution < 1.29 is 4.79 Å². The Bertz CT molecular complexity index is 954. The van der Waals surface area contributed by atoms with Crippen molar-refractivity contribution in [1.82, 2.24) is 4.90 Å². The lowest BCUT2D eigenvalue weighted by Gasteiger charge is -2.30. The van der Waals surface area contributed by atoms with E-state index in [1.165, 1.54) is 36.6 Å². The van der Waals surface area contributed by atoms with Gasteiger partial charge in [-0.3, -0.25) is 9.69 Å². The van der Waals surface area contributed by atoms with Gasteiger partial charge in [0.05, 0.1) is 10.6 Å². The van der Waals surface area contributed by atoms with Crippen LogP contribution < -0.4 is 0 Å². The second-order valence-corrected chi connectivity index (χ2v) is 8.79. The van der Waals surface area contributed by atoms with Gasteiger partial charge in [-0.15, -0.1) is 0 Å². The molecule has 0 aromatic heterocycles. The number of carbonyl (C=O) groups is 1. The van der Waals surface area contributed by atoms with E-state index in [-0.39, 0.29) is 11.9 Å². The average Bonchev–Trinajstić information content (AvgIpc) is 3.10. The molecule has 0 bridgehead atoms. The number of rotatable bonds is 5. The van der Waals surface area contributed by atoms with Gasteiger partial charge in [0.25, 0.3) is 5.91 Å². The smallest absolute Gasteiger partial charge is 0.266 e. The van der Waals surface area contributed by atoms with Crippen molar-refractivity contribution in [3.05, 3.63) is 82.8 Å². The summed E-state index contributed by atoms with van der Waals surface area (Å²) in [6.07, 6.45) is 12.7. The van der Waals surface area contributed by atoms with E-state index in [9.17, 15) is 4.79 Å². The number of amidine groups is 1. The lowest BCUT2D eigenvalue weighted by Crippen LogP contribution is -2.40. The number of thioether (sulfide) groups is 1. The largest absolute Gasteiger partial charge is 0.283 e. The third-order valence-corrected chi connectivity index (χ3v) is 6.68. The molecule has 2 aromatic rings. The van der Waals surface area contributed by atoms with E-state index in [0.29, 0.717) is 0 Å². The second-order valence-electron chi connectivity index (χ2n) is 7.78. The number of carbonyl (C=O) groups excluding carboxylic acids is 1. The van der Waals surface area contributed by atoms with Gasteiger partial charge >= 0.3 is 0 Å². The SMILES string of the molecule is CCc1ccc(N=C2S/C(=C/C=C/c3ccccc3)C(=O)N2C2CCCCC2)cc1. The molecular weight excluding hydrogens is 388 g/mol. The molecule has 1 saturated heterocycles. The number of amides is 1. The third-order valence-electron chi connectivity index (χ3n) is 5.68. The van der Waals surface area contributed by atoms with Gasteiger partial charge in [-0.1, -0.05) is 80.8 Å². The predicted octanol–water partition coefficient (Wildman–Crippen LogP) is 6.74. The standard InChI is InChI=1S/C26H28N2OS/c1-2-20-16-18-22(19-17-20)27-26-28(23-13-7-4-8-14-23)25(29)24(30-26)15-9-12-21-10-5-3-6-11-21/h3,5-6,9-12,15-19,23H,2,4,7-8,13-14H2,1H3/b12-9+,24-15+,27-26?. The molecule has 0 spiro atoms. The van der Waals surface area contributed by atoms with Crippen molar-refractivity contribution in [3.8, 4) is 0 Å². The Morgan fingerprint density at radius 3 is 2.47 bits per heavy atom. The summed E-state index contributed by atoms with van der Waals surface area (Å²) >= 11 is 1.50. The molecule has 1 heterocycles. The van der Waals surface area contributed by atoms with Crippen LogP contribution in [0.4, 0.5) is 5.69 Å². The molecule has 0 unspecified atom stereocenters. The number of benzene rings is 2. The van der Waals surface area contributed by atoms with Gasteiger partial charge in [0.2, 0.25) is 0 Å². The summed E-state index contributed by atoms with van der Waals surface area (Å²) in [5.41, 5.74) is 3.33. The Morgan fingerprint density at radius 2 is 1.77 bits per heavy atom. The highest BCUT2D eigenvalue weighted by atomic mass is 32.2. The monoisotopic (exact) mass is 416 g/mol. The molecule has 1 aliphatic heterocycles. The highest BCUT2D eigenvalue weighted by molar-refractivity contribution is 8.18. The molecule has 2 aromatic carbocycles. The fraction of sp³-hybridized carbons (Fsp3) is 0.308. The number of aryl methyl sites for hydroxylation is 1. The number of allylic oxidation sites excluding steroid dienone is 2. The zero-order chi connectivity index (χ0) is 20.8. The fourth-order valence-electron chi connectivity index (χ4n) is 3.97. The van der Waals surface area contributed by atoms with Gasteiger partial charge in [0.15, 0.2) is 5.17 Å². The first-order valence-electron chi connectivity index (χ1n) is 10.9. The molecule has 2 fully saturated rings. The third kappa shape index (κ3) is 4.93. The van der Waals surface area contributed by atoms with Crippen molar-refractivity contribution in [2.45, 2.75) is 51.5 Å². The minimum atomic E-state index is 0.0912. The van der Waals surface area contributed by atoms with Crippen molar-refractivity contribution in [2.75, 3.05) is 0 Å². The molecule has 4 heteroatoms. The van der Waals surface area contributed by atoms with Crippen molar-refractivity contribution in [1.29, 1.82) is 0 Å². The summed E-state index contributed by atoms with van der Waals surface area (Å²) in [6, 6.07) is 18.7. The summed E-state index contributed by atoms with van der Waals surface area (Å²) in [5, 5.41) is 0.815. The number of aliphatic imine (C=N–C) groups is 1. The maximum Gasteiger partial charge on any atom is 0.266 e. The van der Waals surface area contributed by atoms with Crippen LogP contribution in [0.3, 0.4) is 0 Å². The van der Waals surface area contributed by atoms with Crippen LogP contribution in [0.5, 0.6) is 0 Å². The molecule has 0 radical (unpaired) electrons. The van der Waals surface area contributed by atoms with E-state index in [1.807, 2.05) is 53.5 Å². The van der Waals surface area contributed by atoms with E-state index in [0.717, 1.165) is 40.6 Å². The van der Waals surface area contributed by atoms with E-state index < -0.39 is 0 Å². The van der Waals surface area contributed by atoms with Gasteiger partial charge < -0.3 is 0 Å². The lowest BCUT2D eigenvalue weighted by molar-refractivity contribution is -0.124. The Hall–Kier alpha value is -2.59. The average molecular weight is 417 g/mol. The fourth-order valence-corrected chi connectivity index (χ4v) is 4.98. The zero-order valence-electron chi connectivity index (χ0n) is 17.5. The van der Waals surface area contributed by atoms with Gasteiger partial charge in [0, 0.05) is 6.04 Å². The van der Waals surface area contributed by atoms with Crippen LogP contribution in [0, 0.1) is 0 Å². The number of nitrogens with zero attached hydrogens (tertiary/aromatic N) is 2. The summed E-state index contributed by atoms with van der Waals surface area (Å²) < 4.78 is 0. The summed E-state index contributed by atoms with van der Waals surface area (Å²) in [5.74, 6) is 0.0912. The predicted molar refractivity (Wildman–Crippen MR) is 128 cm³/mol. The lowest BCUT2D eigenvalue weighted by atomic mass is 9.94. The maximum absolute atomic E-state index is 13.3. The molecule has 0 N–H and O–H groups in total. The van der Waals surface area contributed by atoms with Crippen molar-refractivity contribution >= 4 is 34.6 Å². The molecular formula is C26H28N2OS. The normalized spacial score (nSPS) is 20.7. The molecule has 3 nitrogen and oxygen atoms in total.